The molecule has 68 valence electrons. The van der Waals surface area contributed by atoms with Gasteiger partial charge >= 0.3 is 68.2 Å². The summed E-state index contributed by atoms with van der Waals surface area (Å²) in [6, 6.07) is 0. The van der Waals surface area contributed by atoms with Crippen molar-refractivity contribution in [1.29, 1.82) is 0 Å². The number of halogens is 3. The van der Waals surface area contributed by atoms with Crippen molar-refractivity contribution < 1.29 is 57.7 Å². The van der Waals surface area contributed by atoms with Crippen molar-refractivity contribution in [2.45, 2.75) is 20.3 Å². The molecule has 0 unspecified atom stereocenters. The zero-order chi connectivity index (χ0) is 6.85. The maximum Gasteiger partial charge on any atom is -1.00 e. The third kappa shape index (κ3) is 4.94. The molecule has 1 aliphatic carbocycles. The molecule has 0 N–H and O–H groups in total. The van der Waals surface area contributed by atoms with E-state index in [1.807, 2.05) is 0 Å². The molecule has 1 rings (SSSR count). The zero-order valence-corrected chi connectivity index (χ0v) is 10.9. The normalized spacial score (nSPS) is 13.8. The summed E-state index contributed by atoms with van der Waals surface area (Å²) in [4.78, 5) is 0. The molecule has 0 bridgehead atoms. The number of hydrogen-bond donors (Lipinski definition) is 0. The maximum atomic E-state index is 2.25. The predicted molar refractivity (Wildman–Crippen MR) is 35.6 cm³/mol. The van der Waals surface area contributed by atoms with Crippen LogP contribution >= 0.6 is 0 Å². The van der Waals surface area contributed by atoms with Gasteiger partial charge in [-0.2, -0.15) is 0 Å². The molecule has 0 saturated heterocycles. The Morgan fingerprint density at radius 2 is 1.75 bits per heavy atom. The van der Waals surface area contributed by atoms with Crippen LogP contribution in [0, 0.1) is 5.92 Å². The number of allylic oxidation sites excluding steroid dienone is 4. The van der Waals surface area contributed by atoms with E-state index >= 15 is 0 Å². The fourth-order valence-electron chi connectivity index (χ4n) is 1.06. The Morgan fingerprint density at radius 1 is 1.25 bits per heavy atom. The summed E-state index contributed by atoms with van der Waals surface area (Å²) in [7, 11) is 0. The minimum absolute atomic E-state index is 0. The molecule has 4 heteroatoms. The van der Waals surface area contributed by atoms with Crippen molar-refractivity contribution in [3.05, 3.63) is 21.6 Å². The van der Waals surface area contributed by atoms with Gasteiger partial charge in [-0.15, -0.1) is 0 Å². The summed E-state index contributed by atoms with van der Waals surface area (Å²) in [6.07, 6.45) is 5.66. The second-order valence-electron chi connectivity index (χ2n) is 2.70. The molecular weight excluding hydrogens is 250 g/mol. The first-order valence-electron chi connectivity index (χ1n) is 3.33. The van der Waals surface area contributed by atoms with Crippen LogP contribution in [-0.4, -0.2) is 0 Å². The molecule has 0 spiro atoms. The maximum absolute atomic E-state index is 2.25. The zero-order valence-electron chi connectivity index (χ0n) is 7.07. The minimum atomic E-state index is 0. The van der Waals surface area contributed by atoms with Crippen LogP contribution in [0.25, 0.3) is 0 Å². The van der Waals surface area contributed by atoms with E-state index in [1.165, 1.54) is 12.0 Å². The van der Waals surface area contributed by atoms with Crippen LogP contribution in [0.15, 0.2) is 21.6 Å². The number of hydrogen-bond acceptors (Lipinski definition) is 0. The van der Waals surface area contributed by atoms with Gasteiger partial charge in [0.25, 0.3) is 0 Å². The molecular formula is C8H11Cl3Ti. The van der Waals surface area contributed by atoms with Gasteiger partial charge in [-0.1, -0.05) is 0 Å². The largest absolute Gasteiger partial charge is 1.00 e. The van der Waals surface area contributed by atoms with Gasteiger partial charge in [0.1, 0.15) is 0 Å². The van der Waals surface area contributed by atoms with Crippen molar-refractivity contribution in [3.63, 3.8) is 0 Å². The first-order valence-corrected chi connectivity index (χ1v) is 4.11. The molecule has 0 aromatic heterocycles. The van der Waals surface area contributed by atoms with Gasteiger partial charge in [0.05, 0.1) is 0 Å². The van der Waals surface area contributed by atoms with Crippen molar-refractivity contribution >= 4 is 0 Å². The van der Waals surface area contributed by atoms with E-state index in [4.69, 9.17) is 0 Å². The van der Waals surface area contributed by atoms with E-state index in [2.05, 4.69) is 46.4 Å². The van der Waals surface area contributed by atoms with E-state index in [0.29, 0.717) is 5.92 Å². The summed E-state index contributed by atoms with van der Waals surface area (Å²) in [5, 5.41) is 0. The third-order valence-corrected chi connectivity index (χ3v) is 2.36. The van der Waals surface area contributed by atoms with Crippen LogP contribution in [0.5, 0.6) is 0 Å². The fourth-order valence-corrected chi connectivity index (χ4v) is 1.83. The second kappa shape index (κ2) is 8.65. The standard InChI is InChI=1S/C8H11.3ClH.Ti/c1-7(2)8-5-3-4-6-8;;;;/h3,5,7H,4H2,1-2H3;3*1H;/q;;;;+3/p-3. The van der Waals surface area contributed by atoms with Crippen LogP contribution in [-0.2, 0) is 20.4 Å². The molecule has 0 amide bonds. The predicted octanol–water partition coefficient (Wildman–Crippen LogP) is -6.58. The Bertz CT molecular complexity index is 173. The molecule has 0 fully saturated rings. The first kappa shape index (κ1) is 18.8. The summed E-state index contributed by atoms with van der Waals surface area (Å²) in [5.74, 6) is 0.712. The Morgan fingerprint density at radius 3 is 1.92 bits per heavy atom. The molecule has 0 aromatic rings. The molecule has 0 aromatic carbocycles. The van der Waals surface area contributed by atoms with Crippen molar-refractivity contribution in [2.75, 3.05) is 0 Å². The topological polar surface area (TPSA) is 0 Å². The van der Waals surface area contributed by atoms with Crippen molar-refractivity contribution in [1.82, 2.24) is 0 Å². The van der Waals surface area contributed by atoms with Gasteiger partial charge in [0, 0.05) is 0 Å². The van der Waals surface area contributed by atoms with Gasteiger partial charge in [-0.05, 0) is 0 Å². The smallest absolute Gasteiger partial charge is 1.00 e. The molecule has 0 saturated carbocycles. The molecule has 12 heavy (non-hydrogen) atoms. The fraction of sp³-hybridized carbons (Fsp3) is 0.500. The Hall–Kier alpha value is 1.06. The van der Waals surface area contributed by atoms with E-state index in [1.54, 1.807) is 3.88 Å². The molecule has 0 nitrogen and oxygen atoms in total. The Kier molecular flexibility index (Phi) is 13.5. The van der Waals surface area contributed by atoms with Crippen LogP contribution in [0.4, 0.5) is 0 Å². The van der Waals surface area contributed by atoms with E-state index in [-0.39, 0.29) is 37.2 Å². The van der Waals surface area contributed by atoms with Crippen LogP contribution in [0.2, 0.25) is 0 Å². The molecule has 0 aliphatic heterocycles. The van der Waals surface area contributed by atoms with Gasteiger partial charge in [-0.25, -0.2) is 0 Å². The van der Waals surface area contributed by atoms with E-state index in [0.717, 1.165) is 0 Å². The van der Waals surface area contributed by atoms with Gasteiger partial charge in [0.2, 0.25) is 0 Å². The average Bonchev–Trinajstić information content (AvgIpc) is 2.13. The Balaban J connectivity index is -0.000000270. The van der Waals surface area contributed by atoms with E-state index in [9.17, 15) is 0 Å². The summed E-state index contributed by atoms with van der Waals surface area (Å²) < 4.78 is 1.55. The SMILES string of the molecule is CC(C)C1=[C]([Ti+3])CC=C1.[Cl-].[Cl-].[Cl-]. The molecule has 1 aliphatic rings. The van der Waals surface area contributed by atoms with Crippen LogP contribution in [0.1, 0.15) is 20.3 Å². The summed E-state index contributed by atoms with van der Waals surface area (Å²) >= 11 is 2.22. The van der Waals surface area contributed by atoms with Crippen molar-refractivity contribution in [3.8, 4) is 0 Å². The summed E-state index contributed by atoms with van der Waals surface area (Å²) in [6.45, 7) is 4.49. The Labute approximate surface area is 105 Å². The van der Waals surface area contributed by atoms with E-state index < -0.39 is 0 Å². The van der Waals surface area contributed by atoms with Crippen LogP contribution in [0.3, 0.4) is 0 Å². The second-order valence-corrected chi connectivity index (χ2v) is 3.64. The van der Waals surface area contributed by atoms with Crippen molar-refractivity contribution in [2.24, 2.45) is 5.92 Å². The van der Waals surface area contributed by atoms with Crippen LogP contribution < -0.4 is 37.2 Å². The monoisotopic (exact) mass is 260 g/mol. The average molecular weight is 261 g/mol. The minimum Gasteiger partial charge on any atom is -1.00 e. The van der Waals surface area contributed by atoms with Gasteiger partial charge in [0.15, 0.2) is 0 Å². The molecule has 0 atom stereocenters. The number of rotatable bonds is 1. The molecule has 0 heterocycles. The molecule has 0 radical (unpaired) electrons. The van der Waals surface area contributed by atoms with Gasteiger partial charge < -0.3 is 37.2 Å². The third-order valence-electron chi connectivity index (χ3n) is 1.59. The first-order chi connectivity index (χ1) is 4.22. The summed E-state index contributed by atoms with van der Waals surface area (Å²) in [5.41, 5.74) is 1.54. The quantitative estimate of drug-likeness (QED) is 0.412. The van der Waals surface area contributed by atoms with Gasteiger partial charge in [-0.3, -0.25) is 0 Å².